The number of halogens is 7. The third-order valence-electron chi connectivity index (χ3n) is 3.22. The maximum atomic E-state index is 14.1. The van der Waals surface area contributed by atoms with E-state index in [0.29, 0.717) is 12.1 Å². The van der Waals surface area contributed by atoms with E-state index in [4.69, 9.17) is 0 Å². The quantitative estimate of drug-likeness (QED) is 0.429. The van der Waals surface area contributed by atoms with Crippen molar-refractivity contribution in [3.63, 3.8) is 0 Å². The van der Waals surface area contributed by atoms with Crippen molar-refractivity contribution in [3.05, 3.63) is 58.7 Å². The zero-order valence-corrected chi connectivity index (χ0v) is 12.5. The number of carbonyl (C=O) groups is 1. The Morgan fingerprint density at radius 3 is 2.04 bits per heavy atom. The van der Waals surface area contributed by atoms with Crippen LogP contribution < -0.4 is 0 Å². The monoisotopic (exact) mass is 366 g/mol. The number of carbonyl (C=O) groups excluding carboxylic acids is 1. The van der Waals surface area contributed by atoms with Crippen molar-refractivity contribution in [3.8, 4) is 11.1 Å². The summed E-state index contributed by atoms with van der Waals surface area (Å²) in [6.45, 7) is 0.994. The Balaban J connectivity index is 2.71. The van der Waals surface area contributed by atoms with Gasteiger partial charge in [0.15, 0.2) is 23.3 Å². The lowest BCUT2D eigenvalue weighted by Crippen LogP contribution is -2.14. The lowest BCUT2D eigenvalue weighted by Gasteiger charge is -2.13. The fraction of sp³-hybridized carbons (Fsp3) is 0.188. The second kappa shape index (κ2) is 6.73. The van der Waals surface area contributed by atoms with E-state index in [0.717, 1.165) is 12.1 Å². The van der Waals surface area contributed by atoms with Crippen molar-refractivity contribution < 1.29 is 40.3 Å². The molecule has 0 amide bonds. The maximum Gasteiger partial charge on any atom is 0.416 e. The summed E-state index contributed by atoms with van der Waals surface area (Å²) < 4.78 is 98.7. The van der Waals surface area contributed by atoms with Crippen LogP contribution in [0.5, 0.6) is 0 Å². The molecule has 2 aromatic carbocycles. The summed E-state index contributed by atoms with van der Waals surface area (Å²) >= 11 is 0. The average molecular weight is 366 g/mol. The molecule has 0 aliphatic carbocycles. The van der Waals surface area contributed by atoms with E-state index in [1.54, 1.807) is 0 Å². The summed E-state index contributed by atoms with van der Waals surface area (Å²) in [6.07, 6.45) is -4.83. The molecule has 0 saturated heterocycles. The summed E-state index contributed by atoms with van der Waals surface area (Å²) in [6, 6.07) is 2.63. The molecule has 0 bridgehead atoms. The molecule has 2 aromatic rings. The first-order chi connectivity index (χ1) is 11.6. The van der Waals surface area contributed by atoms with Gasteiger partial charge >= 0.3 is 12.1 Å². The molecule has 0 aromatic heterocycles. The van der Waals surface area contributed by atoms with Crippen LogP contribution in [0, 0.1) is 23.3 Å². The van der Waals surface area contributed by atoms with Crippen molar-refractivity contribution in [2.24, 2.45) is 0 Å². The maximum absolute atomic E-state index is 14.1. The standard InChI is InChI=1S/C16H9F7O2/c1-2-25-15(24)10-13(19)11(17)9(12(18)14(10)20)7-4-3-5-8(6-7)16(21,22)23/h3-6H,2H2,1H3. The van der Waals surface area contributed by atoms with Gasteiger partial charge in [-0.15, -0.1) is 0 Å². The lowest BCUT2D eigenvalue weighted by molar-refractivity contribution is -0.137. The molecule has 25 heavy (non-hydrogen) atoms. The van der Waals surface area contributed by atoms with Gasteiger partial charge in [0.25, 0.3) is 0 Å². The van der Waals surface area contributed by atoms with Crippen LogP contribution in [0.3, 0.4) is 0 Å². The van der Waals surface area contributed by atoms with Gasteiger partial charge < -0.3 is 4.74 Å². The van der Waals surface area contributed by atoms with Crippen LogP contribution in [0.1, 0.15) is 22.8 Å². The molecule has 0 radical (unpaired) electrons. The normalized spacial score (nSPS) is 11.5. The minimum absolute atomic E-state index is 0.309. The molecular formula is C16H9F7O2. The number of benzene rings is 2. The van der Waals surface area contributed by atoms with E-state index in [2.05, 4.69) is 4.74 Å². The third-order valence-corrected chi connectivity index (χ3v) is 3.22. The molecule has 0 N–H and O–H groups in total. The summed E-state index contributed by atoms with van der Waals surface area (Å²) in [5, 5.41) is 0. The Hall–Kier alpha value is -2.58. The van der Waals surface area contributed by atoms with Crippen molar-refractivity contribution >= 4 is 5.97 Å². The van der Waals surface area contributed by atoms with Gasteiger partial charge in [-0.25, -0.2) is 22.4 Å². The summed E-state index contributed by atoms with van der Waals surface area (Å²) in [5.41, 5.74) is -4.95. The van der Waals surface area contributed by atoms with Crippen LogP contribution in [-0.4, -0.2) is 12.6 Å². The minimum Gasteiger partial charge on any atom is -0.462 e. The van der Waals surface area contributed by atoms with Crippen LogP contribution >= 0.6 is 0 Å². The Kier molecular flexibility index (Phi) is 5.05. The van der Waals surface area contributed by atoms with Gasteiger partial charge in [-0.3, -0.25) is 0 Å². The smallest absolute Gasteiger partial charge is 0.416 e. The van der Waals surface area contributed by atoms with Gasteiger partial charge in [0.05, 0.1) is 17.7 Å². The Labute approximate surface area is 136 Å². The molecular weight excluding hydrogens is 357 g/mol. The van der Waals surface area contributed by atoms with Gasteiger partial charge in [-0.2, -0.15) is 13.2 Å². The first kappa shape index (κ1) is 18.8. The largest absolute Gasteiger partial charge is 0.462 e. The zero-order chi connectivity index (χ0) is 18.9. The predicted octanol–water partition coefficient (Wildman–Crippen LogP) is 5.11. The highest BCUT2D eigenvalue weighted by atomic mass is 19.4. The van der Waals surface area contributed by atoms with E-state index in [1.807, 2.05) is 0 Å². The first-order valence-electron chi connectivity index (χ1n) is 6.80. The molecule has 2 rings (SSSR count). The van der Waals surface area contributed by atoms with Crippen molar-refractivity contribution in [2.75, 3.05) is 6.61 Å². The number of esters is 1. The van der Waals surface area contributed by atoms with Gasteiger partial charge in [0.2, 0.25) is 0 Å². The van der Waals surface area contributed by atoms with E-state index >= 15 is 0 Å². The summed E-state index contributed by atoms with van der Waals surface area (Å²) in [5.74, 6) is -9.73. The molecule has 0 heterocycles. The topological polar surface area (TPSA) is 26.3 Å². The highest BCUT2D eigenvalue weighted by Crippen LogP contribution is 2.36. The van der Waals surface area contributed by atoms with Gasteiger partial charge in [-0.05, 0) is 24.6 Å². The number of hydrogen-bond donors (Lipinski definition) is 0. The second-order valence-corrected chi connectivity index (χ2v) is 4.80. The fourth-order valence-electron chi connectivity index (χ4n) is 2.12. The highest BCUT2D eigenvalue weighted by molar-refractivity contribution is 5.91. The Bertz CT molecular complexity index is 799. The predicted molar refractivity (Wildman–Crippen MR) is 72.7 cm³/mol. The average Bonchev–Trinajstić information content (AvgIpc) is 2.53. The highest BCUT2D eigenvalue weighted by Gasteiger charge is 2.33. The van der Waals surface area contributed by atoms with E-state index < -0.39 is 57.7 Å². The van der Waals surface area contributed by atoms with Crippen LogP contribution in [0.25, 0.3) is 11.1 Å². The number of rotatable bonds is 3. The molecule has 0 atom stereocenters. The molecule has 0 unspecified atom stereocenters. The van der Waals surface area contributed by atoms with Gasteiger partial charge in [-0.1, -0.05) is 12.1 Å². The second-order valence-electron chi connectivity index (χ2n) is 4.80. The van der Waals surface area contributed by atoms with E-state index in [-0.39, 0.29) is 6.61 Å². The Morgan fingerprint density at radius 2 is 1.56 bits per heavy atom. The van der Waals surface area contributed by atoms with Gasteiger partial charge in [0.1, 0.15) is 5.56 Å². The Morgan fingerprint density at radius 1 is 1.00 bits per heavy atom. The fourth-order valence-corrected chi connectivity index (χ4v) is 2.12. The van der Waals surface area contributed by atoms with E-state index in [9.17, 15) is 35.5 Å². The zero-order valence-electron chi connectivity index (χ0n) is 12.5. The van der Waals surface area contributed by atoms with E-state index in [1.165, 1.54) is 6.92 Å². The van der Waals surface area contributed by atoms with Crippen molar-refractivity contribution in [1.82, 2.24) is 0 Å². The molecule has 0 saturated carbocycles. The van der Waals surface area contributed by atoms with Crippen LogP contribution in [0.4, 0.5) is 30.7 Å². The van der Waals surface area contributed by atoms with Crippen LogP contribution in [0.2, 0.25) is 0 Å². The summed E-state index contributed by atoms with van der Waals surface area (Å²) in [7, 11) is 0. The molecule has 0 aliphatic rings. The number of alkyl halides is 3. The molecule has 9 heteroatoms. The van der Waals surface area contributed by atoms with Crippen LogP contribution in [-0.2, 0) is 10.9 Å². The van der Waals surface area contributed by atoms with Crippen molar-refractivity contribution in [2.45, 2.75) is 13.1 Å². The number of ether oxygens (including phenoxy) is 1. The molecule has 0 fully saturated rings. The molecule has 0 aliphatic heterocycles. The van der Waals surface area contributed by atoms with Crippen molar-refractivity contribution in [1.29, 1.82) is 0 Å². The minimum atomic E-state index is -4.83. The van der Waals surface area contributed by atoms with Crippen LogP contribution in [0.15, 0.2) is 24.3 Å². The summed E-state index contributed by atoms with van der Waals surface area (Å²) in [4.78, 5) is 11.4. The molecule has 134 valence electrons. The number of hydrogen-bond acceptors (Lipinski definition) is 2. The molecule has 0 spiro atoms. The SMILES string of the molecule is CCOC(=O)c1c(F)c(F)c(-c2cccc(C(F)(F)F)c2)c(F)c1F. The lowest BCUT2D eigenvalue weighted by atomic mass is 9.99. The van der Waals surface area contributed by atoms with Gasteiger partial charge in [0, 0.05) is 0 Å². The first-order valence-corrected chi connectivity index (χ1v) is 6.80. The molecule has 2 nitrogen and oxygen atoms in total. The third kappa shape index (κ3) is 3.45.